The van der Waals surface area contributed by atoms with Crippen LogP contribution in [0.1, 0.15) is 12.0 Å². The molecule has 0 spiro atoms. The molecule has 0 N–H and O–H groups in total. The van der Waals surface area contributed by atoms with E-state index in [1.54, 1.807) is 7.11 Å². The highest BCUT2D eigenvalue weighted by molar-refractivity contribution is 5.56. The summed E-state index contributed by atoms with van der Waals surface area (Å²) in [4.78, 5) is 0. The molecule has 16 heavy (non-hydrogen) atoms. The van der Waals surface area contributed by atoms with Gasteiger partial charge in [-0.05, 0) is 11.6 Å². The lowest BCUT2D eigenvalue weighted by molar-refractivity contribution is -0.0288. The van der Waals surface area contributed by atoms with Gasteiger partial charge in [-0.25, -0.2) is 0 Å². The molecule has 0 atom stereocenters. The van der Waals surface area contributed by atoms with Crippen LogP contribution in [0, 0.1) is 11.3 Å². The first kappa shape index (κ1) is 12.4. The standard InChI is InChI=1S/C13H15NO2/c1-15-11-16-8-7-13(10-14)9-12-5-3-2-4-6-12/h2-6,9H,7-8,11H2,1H3/b13-9+. The average Bonchev–Trinajstić information content (AvgIpc) is 2.34. The minimum absolute atomic E-state index is 0.268. The Kier molecular flexibility index (Phi) is 5.94. The maximum atomic E-state index is 8.94. The van der Waals surface area contributed by atoms with E-state index < -0.39 is 0 Å². The van der Waals surface area contributed by atoms with Gasteiger partial charge in [0, 0.05) is 19.1 Å². The Morgan fingerprint density at radius 1 is 1.38 bits per heavy atom. The normalized spacial score (nSPS) is 11.1. The molecule has 0 aromatic heterocycles. The van der Waals surface area contributed by atoms with E-state index in [4.69, 9.17) is 14.7 Å². The van der Waals surface area contributed by atoms with E-state index in [1.807, 2.05) is 36.4 Å². The van der Waals surface area contributed by atoms with E-state index in [9.17, 15) is 0 Å². The average molecular weight is 217 g/mol. The predicted molar refractivity (Wildman–Crippen MR) is 62.5 cm³/mol. The van der Waals surface area contributed by atoms with Gasteiger partial charge in [-0.2, -0.15) is 5.26 Å². The predicted octanol–water partition coefficient (Wildman–Crippen LogP) is 2.60. The van der Waals surface area contributed by atoms with Gasteiger partial charge >= 0.3 is 0 Å². The SMILES string of the molecule is COCOCC/C(C#N)=C\c1ccccc1. The van der Waals surface area contributed by atoms with Crippen LogP contribution >= 0.6 is 0 Å². The van der Waals surface area contributed by atoms with Gasteiger partial charge < -0.3 is 9.47 Å². The summed E-state index contributed by atoms with van der Waals surface area (Å²) in [6.07, 6.45) is 2.48. The molecule has 0 radical (unpaired) electrons. The summed E-state index contributed by atoms with van der Waals surface area (Å²) in [6, 6.07) is 11.9. The molecule has 0 fully saturated rings. The largest absolute Gasteiger partial charge is 0.359 e. The molecule has 84 valence electrons. The Morgan fingerprint density at radius 3 is 2.75 bits per heavy atom. The minimum Gasteiger partial charge on any atom is -0.359 e. The summed E-state index contributed by atoms with van der Waals surface area (Å²) in [6.45, 7) is 0.768. The van der Waals surface area contributed by atoms with E-state index in [0.717, 1.165) is 5.56 Å². The summed E-state index contributed by atoms with van der Waals surface area (Å²) < 4.78 is 9.89. The highest BCUT2D eigenvalue weighted by atomic mass is 16.7. The van der Waals surface area contributed by atoms with Gasteiger partial charge in [0.05, 0.1) is 12.7 Å². The number of ether oxygens (including phenoxy) is 2. The van der Waals surface area contributed by atoms with Crippen molar-refractivity contribution in [1.29, 1.82) is 5.26 Å². The summed E-state index contributed by atoms with van der Waals surface area (Å²) in [7, 11) is 1.57. The molecule has 1 aromatic rings. The molecule has 0 saturated heterocycles. The zero-order valence-corrected chi connectivity index (χ0v) is 9.35. The lowest BCUT2D eigenvalue weighted by Crippen LogP contribution is -1.99. The third-order valence-corrected chi connectivity index (χ3v) is 2.00. The van der Waals surface area contributed by atoms with Gasteiger partial charge in [-0.1, -0.05) is 30.3 Å². The summed E-state index contributed by atoms with van der Waals surface area (Å²) in [5, 5.41) is 8.94. The van der Waals surface area contributed by atoms with E-state index in [-0.39, 0.29) is 6.79 Å². The first-order chi connectivity index (χ1) is 7.86. The molecular weight excluding hydrogens is 202 g/mol. The Hall–Kier alpha value is -1.63. The van der Waals surface area contributed by atoms with Gasteiger partial charge in [0.1, 0.15) is 6.79 Å². The fourth-order valence-electron chi connectivity index (χ4n) is 1.24. The molecule has 0 heterocycles. The van der Waals surface area contributed by atoms with Crippen LogP contribution in [0.4, 0.5) is 0 Å². The molecule has 0 saturated carbocycles. The van der Waals surface area contributed by atoms with Crippen LogP contribution in [-0.4, -0.2) is 20.5 Å². The van der Waals surface area contributed by atoms with Crippen LogP contribution in [-0.2, 0) is 9.47 Å². The van der Waals surface area contributed by atoms with Gasteiger partial charge in [0.25, 0.3) is 0 Å². The number of hydrogen-bond donors (Lipinski definition) is 0. The molecule has 3 heteroatoms. The number of hydrogen-bond acceptors (Lipinski definition) is 3. The molecule has 0 aliphatic heterocycles. The molecule has 1 rings (SSSR count). The Morgan fingerprint density at radius 2 is 2.12 bits per heavy atom. The summed E-state index contributed by atoms with van der Waals surface area (Å²) in [5.41, 5.74) is 1.74. The van der Waals surface area contributed by atoms with Crippen LogP contribution in [0.15, 0.2) is 35.9 Å². The number of nitrogens with zero attached hydrogens (tertiary/aromatic N) is 1. The highest BCUT2D eigenvalue weighted by Crippen LogP contribution is 2.08. The van der Waals surface area contributed by atoms with E-state index in [1.165, 1.54) is 0 Å². The van der Waals surface area contributed by atoms with Crippen molar-refractivity contribution in [3.63, 3.8) is 0 Å². The second-order valence-corrected chi connectivity index (χ2v) is 3.26. The zero-order valence-electron chi connectivity index (χ0n) is 9.35. The summed E-state index contributed by atoms with van der Waals surface area (Å²) >= 11 is 0. The quantitative estimate of drug-likeness (QED) is 0.418. The van der Waals surface area contributed by atoms with E-state index in [0.29, 0.717) is 18.6 Å². The first-order valence-corrected chi connectivity index (χ1v) is 5.09. The third-order valence-electron chi connectivity index (χ3n) is 2.00. The Balaban J connectivity index is 2.48. The maximum Gasteiger partial charge on any atom is 0.146 e. The maximum absolute atomic E-state index is 8.94. The lowest BCUT2D eigenvalue weighted by atomic mass is 10.1. The van der Waals surface area contributed by atoms with Crippen LogP contribution in [0.5, 0.6) is 0 Å². The van der Waals surface area contributed by atoms with Crippen molar-refractivity contribution in [2.75, 3.05) is 20.5 Å². The molecule has 0 amide bonds. The second kappa shape index (κ2) is 7.63. The van der Waals surface area contributed by atoms with Gasteiger partial charge in [0.2, 0.25) is 0 Å². The summed E-state index contributed by atoms with van der Waals surface area (Å²) in [5.74, 6) is 0. The van der Waals surface area contributed by atoms with Crippen LogP contribution in [0.25, 0.3) is 6.08 Å². The molecule has 0 unspecified atom stereocenters. The highest BCUT2D eigenvalue weighted by Gasteiger charge is 1.96. The third kappa shape index (κ3) is 4.74. The number of methoxy groups -OCH3 is 1. The van der Waals surface area contributed by atoms with Crippen molar-refractivity contribution in [3.05, 3.63) is 41.5 Å². The van der Waals surface area contributed by atoms with Crippen molar-refractivity contribution in [2.24, 2.45) is 0 Å². The van der Waals surface area contributed by atoms with Crippen LogP contribution < -0.4 is 0 Å². The monoisotopic (exact) mass is 217 g/mol. The topological polar surface area (TPSA) is 42.2 Å². The van der Waals surface area contributed by atoms with Gasteiger partial charge in [-0.3, -0.25) is 0 Å². The number of benzene rings is 1. The molecule has 1 aromatic carbocycles. The van der Waals surface area contributed by atoms with Crippen molar-refractivity contribution >= 4 is 6.08 Å². The van der Waals surface area contributed by atoms with Crippen LogP contribution in [0.2, 0.25) is 0 Å². The van der Waals surface area contributed by atoms with E-state index in [2.05, 4.69) is 6.07 Å². The van der Waals surface area contributed by atoms with Crippen LogP contribution in [0.3, 0.4) is 0 Å². The van der Waals surface area contributed by atoms with Crippen molar-refractivity contribution in [2.45, 2.75) is 6.42 Å². The molecule has 0 bridgehead atoms. The number of rotatable bonds is 6. The smallest absolute Gasteiger partial charge is 0.146 e. The zero-order chi connectivity index (χ0) is 11.6. The van der Waals surface area contributed by atoms with Gasteiger partial charge in [0.15, 0.2) is 0 Å². The molecule has 0 aliphatic carbocycles. The van der Waals surface area contributed by atoms with Crippen molar-refractivity contribution in [1.82, 2.24) is 0 Å². The first-order valence-electron chi connectivity index (χ1n) is 5.09. The minimum atomic E-state index is 0.268. The molecular formula is C13H15NO2. The second-order valence-electron chi connectivity index (χ2n) is 3.26. The molecule has 3 nitrogen and oxygen atoms in total. The van der Waals surface area contributed by atoms with E-state index >= 15 is 0 Å². The van der Waals surface area contributed by atoms with Crippen molar-refractivity contribution < 1.29 is 9.47 Å². The van der Waals surface area contributed by atoms with Crippen molar-refractivity contribution in [3.8, 4) is 6.07 Å². The fraction of sp³-hybridized carbons (Fsp3) is 0.308. The fourth-order valence-corrected chi connectivity index (χ4v) is 1.24. The Bertz CT molecular complexity index is 365. The Labute approximate surface area is 95.9 Å². The molecule has 0 aliphatic rings. The lowest BCUT2D eigenvalue weighted by Gasteiger charge is -2.01. The van der Waals surface area contributed by atoms with Gasteiger partial charge in [-0.15, -0.1) is 0 Å². The number of nitriles is 1.